The average Bonchev–Trinajstić information content (AvgIpc) is 3.27. The lowest BCUT2D eigenvalue weighted by Gasteiger charge is -2.22. The molecule has 0 aromatic carbocycles. The Morgan fingerprint density at radius 3 is 1.15 bits per heavy atom. The molecule has 0 aromatic heterocycles. The van der Waals surface area contributed by atoms with E-state index in [4.69, 9.17) is 4.74 Å². The highest BCUT2D eigenvalue weighted by Gasteiger charge is 2.20. The molecule has 62 heavy (non-hydrogen) atoms. The van der Waals surface area contributed by atoms with Gasteiger partial charge in [0.1, 0.15) is 0 Å². The summed E-state index contributed by atoms with van der Waals surface area (Å²) in [6.45, 7) is 4.93. The molecule has 2 unspecified atom stereocenters. The molecule has 1 amide bonds. The summed E-state index contributed by atoms with van der Waals surface area (Å²) in [5, 5.41) is 23.1. The van der Waals surface area contributed by atoms with Crippen LogP contribution < -0.4 is 5.32 Å². The van der Waals surface area contributed by atoms with Crippen molar-refractivity contribution < 1.29 is 24.5 Å². The molecular weight excluding hydrogens is 767 g/mol. The summed E-state index contributed by atoms with van der Waals surface area (Å²) in [5.41, 5.74) is 0. The topological polar surface area (TPSA) is 95.9 Å². The van der Waals surface area contributed by atoms with Gasteiger partial charge < -0.3 is 20.3 Å². The number of aliphatic hydroxyl groups excluding tert-OH is 2. The summed E-state index contributed by atoms with van der Waals surface area (Å²) < 4.78 is 5.49. The van der Waals surface area contributed by atoms with Crippen molar-refractivity contribution in [2.75, 3.05) is 13.2 Å². The Balaban J connectivity index is 3.36. The fraction of sp³-hybridized carbons (Fsp3) is 0.929. The largest absolute Gasteiger partial charge is 0.466 e. The summed E-state index contributed by atoms with van der Waals surface area (Å²) in [4.78, 5) is 24.5. The average molecular weight is 876 g/mol. The third-order valence-electron chi connectivity index (χ3n) is 13.1. The molecule has 0 saturated carbocycles. The first-order valence-electron chi connectivity index (χ1n) is 27.9. The van der Waals surface area contributed by atoms with Crippen molar-refractivity contribution in [3.63, 3.8) is 0 Å². The highest BCUT2D eigenvalue weighted by molar-refractivity contribution is 5.76. The Hall–Kier alpha value is -1.40. The van der Waals surface area contributed by atoms with Crippen molar-refractivity contribution in [1.29, 1.82) is 0 Å². The van der Waals surface area contributed by atoms with Crippen LogP contribution in [0.5, 0.6) is 0 Å². The molecule has 6 heteroatoms. The van der Waals surface area contributed by atoms with Crippen LogP contribution in [-0.2, 0) is 14.3 Å². The number of aliphatic hydroxyl groups is 2. The van der Waals surface area contributed by atoms with Crippen LogP contribution in [0.3, 0.4) is 0 Å². The van der Waals surface area contributed by atoms with Crippen LogP contribution in [0.1, 0.15) is 309 Å². The summed E-state index contributed by atoms with van der Waals surface area (Å²) >= 11 is 0. The minimum absolute atomic E-state index is 0.00457. The highest BCUT2D eigenvalue weighted by atomic mass is 16.5. The molecule has 0 radical (unpaired) electrons. The molecule has 368 valence electrons. The molecule has 0 aliphatic carbocycles. The van der Waals surface area contributed by atoms with Gasteiger partial charge in [-0.2, -0.15) is 0 Å². The number of allylic oxidation sites excluding steroid dienone is 2. The van der Waals surface area contributed by atoms with E-state index in [1.165, 1.54) is 231 Å². The Bertz CT molecular complexity index is 924. The van der Waals surface area contributed by atoms with Crippen molar-refractivity contribution in [2.24, 2.45) is 0 Å². The zero-order chi connectivity index (χ0) is 45.1. The van der Waals surface area contributed by atoms with Gasteiger partial charge in [-0.05, 0) is 51.4 Å². The van der Waals surface area contributed by atoms with E-state index >= 15 is 0 Å². The maximum atomic E-state index is 12.4. The van der Waals surface area contributed by atoms with Crippen LogP contribution in [0, 0.1) is 0 Å². The van der Waals surface area contributed by atoms with E-state index < -0.39 is 12.1 Å². The van der Waals surface area contributed by atoms with Gasteiger partial charge in [0.2, 0.25) is 5.91 Å². The summed E-state index contributed by atoms with van der Waals surface area (Å²) in [6, 6.07) is -0.541. The van der Waals surface area contributed by atoms with Gasteiger partial charge in [0.25, 0.3) is 0 Å². The van der Waals surface area contributed by atoms with Gasteiger partial charge in [-0.1, -0.05) is 257 Å². The molecule has 0 saturated heterocycles. The number of ether oxygens (including phenoxy) is 1. The zero-order valence-corrected chi connectivity index (χ0v) is 41.9. The van der Waals surface area contributed by atoms with Gasteiger partial charge in [-0.3, -0.25) is 9.59 Å². The molecule has 2 atom stereocenters. The number of carbonyl (C=O) groups excluding carboxylic acids is 2. The minimum atomic E-state index is -0.664. The van der Waals surface area contributed by atoms with Gasteiger partial charge in [-0.25, -0.2) is 0 Å². The first kappa shape index (κ1) is 60.6. The second kappa shape index (κ2) is 52.2. The highest BCUT2D eigenvalue weighted by Crippen LogP contribution is 2.17. The number of amides is 1. The molecule has 0 rings (SSSR count). The fourth-order valence-electron chi connectivity index (χ4n) is 8.75. The van der Waals surface area contributed by atoms with Gasteiger partial charge in [0.15, 0.2) is 0 Å². The fourth-order valence-corrected chi connectivity index (χ4v) is 8.75. The van der Waals surface area contributed by atoms with Gasteiger partial charge in [0.05, 0.1) is 25.4 Å². The summed E-state index contributed by atoms with van der Waals surface area (Å²) in [7, 11) is 0. The van der Waals surface area contributed by atoms with Crippen molar-refractivity contribution in [1.82, 2.24) is 5.32 Å². The number of hydrogen-bond donors (Lipinski definition) is 3. The second-order valence-corrected chi connectivity index (χ2v) is 19.3. The van der Waals surface area contributed by atoms with Crippen LogP contribution in [0.4, 0.5) is 0 Å². The normalized spacial score (nSPS) is 12.6. The number of hydrogen-bond acceptors (Lipinski definition) is 5. The lowest BCUT2D eigenvalue weighted by molar-refractivity contribution is -0.143. The Morgan fingerprint density at radius 1 is 0.435 bits per heavy atom. The molecule has 0 aliphatic rings. The minimum Gasteiger partial charge on any atom is -0.466 e. The second-order valence-electron chi connectivity index (χ2n) is 19.3. The van der Waals surface area contributed by atoms with E-state index in [2.05, 4.69) is 31.3 Å². The SMILES string of the molecule is CCCCCCCCC/C=C\CCCCCCCCCC(=O)OCCCCCCCCCCCCCCCCCCCCC(=O)NC(CO)C(O)CCCCCCCCCCC. The molecule has 0 heterocycles. The van der Waals surface area contributed by atoms with E-state index in [0.29, 0.717) is 25.9 Å². The number of nitrogens with one attached hydrogen (secondary N) is 1. The standard InChI is InChI=1S/C56H109NO5/c1-3-5-7-9-11-13-14-15-16-17-21-24-27-30-34-38-42-46-50-56(61)62-51-47-43-39-35-31-28-25-22-19-18-20-23-26-29-33-37-41-45-49-55(60)57-53(52-58)54(59)48-44-40-36-32-12-10-8-6-4-2/h16-17,53-54,58-59H,3-15,18-52H2,1-2H3,(H,57,60)/b17-16-. The lowest BCUT2D eigenvalue weighted by Crippen LogP contribution is -2.45. The molecule has 3 N–H and O–H groups in total. The van der Waals surface area contributed by atoms with E-state index in [-0.39, 0.29) is 18.5 Å². The Labute approximate surface area is 387 Å². The van der Waals surface area contributed by atoms with Crippen LogP contribution in [0.15, 0.2) is 12.2 Å². The van der Waals surface area contributed by atoms with Crippen LogP contribution in [0.2, 0.25) is 0 Å². The Morgan fingerprint density at radius 2 is 0.758 bits per heavy atom. The van der Waals surface area contributed by atoms with E-state index in [1.54, 1.807) is 0 Å². The summed E-state index contributed by atoms with van der Waals surface area (Å²) in [5.74, 6) is -0.0361. The molecule has 0 bridgehead atoms. The number of carbonyl (C=O) groups is 2. The lowest BCUT2D eigenvalue weighted by atomic mass is 10.0. The van der Waals surface area contributed by atoms with Gasteiger partial charge >= 0.3 is 5.97 Å². The van der Waals surface area contributed by atoms with Crippen molar-refractivity contribution in [3.8, 4) is 0 Å². The maximum absolute atomic E-state index is 12.4. The molecule has 0 aromatic rings. The third kappa shape index (κ3) is 48.1. The molecule has 0 fully saturated rings. The molecular formula is C56H109NO5. The van der Waals surface area contributed by atoms with Crippen LogP contribution >= 0.6 is 0 Å². The van der Waals surface area contributed by atoms with E-state index in [0.717, 1.165) is 44.9 Å². The van der Waals surface area contributed by atoms with Crippen molar-refractivity contribution in [2.45, 2.75) is 321 Å². The first-order chi connectivity index (χ1) is 30.5. The quantitative estimate of drug-likeness (QED) is 0.0321. The van der Waals surface area contributed by atoms with E-state index in [1.807, 2.05) is 0 Å². The first-order valence-corrected chi connectivity index (χ1v) is 27.9. The molecule has 0 spiro atoms. The zero-order valence-electron chi connectivity index (χ0n) is 41.9. The Kier molecular flexibility index (Phi) is 51.0. The van der Waals surface area contributed by atoms with E-state index in [9.17, 15) is 19.8 Å². The van der Waals surface area contributed by atoms with Crippen molar-refractivity contribution in [3.05, 3.63) is 12.2 Å². The molecule has 0 aliphatic heterocycles. The monoisotopic (exact) mass is 876 g/mol. The molecule has 6 nitrogen and oxygen atoms in total. The smallest absolute Gasteiger partial charge is 0.305 e. The number of unbranched alkanes of at least 4 members (excludes halogenated alkanes) is 39. The van der Waals surface area contributed by atoms with Crippen LogP contribution in [0.25, 0.3) is 0 Å². The number of esters is 1. The maximum Gasteiger partial charge on any atom is 0.305 e. The predicted octanol–water partition coefficient (Wildman–Crippen LogP) is 16.9. The van der Waals surface area contributed by atoms with Crippen molar-refractivity contribution >= 4 is 11.9 Å². The predicted molar refractivity (Wildman–Crippen MR) is 269 cm³/mol. The third-order valence-corrected chi connectivity index (χ3v) is 13.1. The number of rotatable bonds is 52. The summed E-state index contributed by atoms with van der Waals surface area (Å²) in [6.07, 6.45) is 60.6. The van der Waals surface area contributed by atoms with Gasteiger partial charge in [-0.15, -0.1) is 0 Å². The van der Waals surface area contributed by atoms with Gasteiger partial charge in [0, 0.05) is 12.8 Å². The van der Waals surface area contributed by atoms with Crippen LogP contribution in [-0.4, -0.2) is 47.4 Å².